The lowest BCUT2D eigenvalue weighted by molar-refractivity contribution is -0.133. The Bertz CT molecular complexity index is 755. The first kappa shape index (κ1) is 21.5. The number of hydrogen-bond acceptors (Lipinski definition) is 3. The molecule has 2 rings (SSSR count). The summed E-state index contributed by atoms with van der Waals surface area (Å²) in [6, 6.07) is 13.6. The van der Waals surface area contributed by atoms with Gasteiger partial charge in [0.15, 0.2) is 0 Å². The van der Waals surface area contributed by atoms with Crippen molar-refractivity contribution in [2.24, 2.45) is 0 Å². The second-order valence-corrected chi connectivity index (χ2v) is 7.12. The van der Waals surface area contributed by atoms with Crippen molar-refractivity contribution in [1.29, 1.82) is 0 Å². The maximum absolute atomic E-state index is 13.1. The molecule has 0 aliphatic rings. The number of furan rings is 1. The van der Waals surface area contributed by atoms with E-state index in [1.165, 1.54) is 5.56 Å². The molecule has 0 spiro atoms. The van der Waals surface area contributed by atoms with Crippen LogP contribution in [0.5, 0.6) is 0 Å². The van der Waals surface area contributed by atoms with Crippen LogP contribution in [0.4, 0.5) is 4.79 Å². The predicted molar refractivity (Wildman–Crippen MR) is 110 cm³/mol. The van der Waals surface area contributed by atoms with Crippen LogP contribution in [0.1, 0.15) is 37.9 Å². The summed E-state index contributed by atoms with van der Waals surface area (Å²) < 4.78 is 5.67. The Morgan fingerprint density at radius 1 is 1.11 bits per heavy atom. The van der Waals surface area contributed by atoms with Crippen LogP contribution in [-0.2, 0) is 17.8 Å². The third kappa shape index (κ3) is 6.44. The zero-order chi connectivity index (χ0) is 20.5. The van der Waals surface area contributed by atoms with E-state index >= 15 is 0 Å². The molecule has 0 saturated carbocycles. The van der Waals surface area contributed by atoms with Crippen molar-refractivity contribution < 1.29 is 14.0 Å². The number of amides is 3. The normalized spacial score (nSPS) is 10.8. The van der Waals surface area contributed by atoms with Crippen molar-refractivity contribution in [2.75, 3.05) is 19.6 Å². The zero-order valence-corrected chi connectivity index (χ0v) is 17.3. The molecular weight excluding hydrogens is 354 g/mol. The highest BCUT2D eigenvalue weighted by molar-refractivity contribution is 5.84. The van der Waals surface area contributed by atoms with Crippen LogP contribution in [-0.4, -0.2) is 47.4 Å². The van der Waals surface area contributed by atoms with E-state index in [2.05, 4.69) is 17.4 Å². The topological polar surface area (TPSA) is 65.8 Å². The minimum absolute atomic E-state index is 0.0397. The number of rotatable bonds is 9. The molecule has 2 aromatic rings. The summed E-state index contributed by atoms with van der Waals surface area (Å²) in [5.41, 5.74) is 1.17. The highest BCUT2D eigenvalue weighted by Gasteiger charge is 2.23. The molecular formula is C22H31N3O3. The molecule has 152 valence electrons. The molecule has 28 heavy (non-hydrogen) atoms. The number of urea groups is 1. The first-order valence-corrected chi connectivity index (χ1v) is 9.82. The van der Waals surface area contributed by atoms with E-state index in [-0.39, 0.29) is 24.5 Å². The molecule has 0 radical (unpaired) electrons. The van der Waals surface area contributed by atoms with Gasteiger partial charge in [0, 0.05) is 19.1 Å². The number of hydrogen-bond donors (Lipinski definition) is 1. The van der Waals surface area contributed by atoms with E-state index in [0.29, 0.717) is 19.6 Å². The second kappa shape index (κ2) is 10.5. The van der Waals surface area contributed by atoms with Gasteiger partial charge in [0.25, 0.3) is 0 Å². The third-order valence-electron chi connectivity index (χ3n) is 4.53. The van der Waals surface area contributed by atoms with E-state index in [1.54, 1.807) is 9.80 Å². The minimum atomic E-state index is -0.220. The zero-order valence-electron chi connectivity index (χ0n) is 17.3. The Morgan fingerprint density at radius 2 is 1.82 bits per heavy atom. The summed E-state index contributed by atoms with van der Waals surface area (Å²) in [6.07, 6.45) is 0.745. The quantitative estimate of drug-likeness (QED) is 0.717. The van der Waals surface area contributed by atoms with E-state index < -0.39 is 0 Å². The molecule has 1 N–H and O–H groups in total. The van der Waals surface area contributed by atoms with E-state index in [9.17, 15) is 9.59 Å². The Morgan fingerprint density at radius 3 is 2.39 bits per heavy atom. The molecule has 0 unspecified atom stereocenters. The van der Waals surface area contributed by atoms with Gasteiger partial charge in [0.1, 0.15) is 18.1 Å². The number of nitrogens with zero attached hydrogens (tertiary/aromatic N) is 2. The maximum Gasteiger partial charge on any atom is 0.318 e. The number of aryl methyl sites for hydroxylation is 1. The van der Waals surface area contributed by atoms with Crippen molar-refractivity contribution >= 4 is 11.9 Å². The highest BCUT2D eigenvalue weighted by atomic mass is 16.3. The Balaban J connectivity index is 2.11. The van der Waals surface area contributed by atoms with Crippen molar-refractivity contribution in [1.82, 2.24) is 15.1 Å². The molecule has 1 heterocycles. The van der Waals surface area contributed by atoms with Gasteiger partial charge in [-0.1, -0.05) is 30.3 Å². The van der Waals surface area contributed by atoms with Gasteiger partial charge in [-0.15, -0.1) is 0 Å². The van der Waals surface area contributed by atoms with Crippen molar-refractivity contribution in [3.8, 4) is 0 Å². The monoisotopic (exact) mass is 385 g/mol. The summed E-state index contributed by atoms with van der Waals surface area (Å²) in [4.78, 5) is 28.7. The molecule has 3 amide bonds. The number of carbonyl (C=O) groups excluding carboxylic acids is 2. The van der Waals surface area contributed by atoms with Gasteiger partial charge in [0.05, 0.1) is 6.54 Å². The fourth-order valence-corrected chi connectivity index (χ4v) is 2.95. The lowest BCUT2D eigenvalue weighted by Crippen LogP contribution is -2.49. The SMILES string of the molecule is CCNC(=O)N(CC(=O)N(CCc1ccccc1)Cc1ccc(C)o1)C(C)C. The number of benzene rings is 1. The van der Waals surface area contributed by atoms with Crippen LogP contribution in [0.3, 0.4) is 0 Å². The van der Waals surface area contributed by atoms with Gasteiger partial charge in [-0.3, -0.25) is 4.79 Å². The summed E-state index contributed by atoms with van der Waals surface area (Å²) in [5.74, 6) is 1.47. The summed E-state index contributed by atoms with van der Waals surface area (Å²) in [5, 5.41) is 2.78. The largest absolute Gasteiger partial charge is 0.464 e. The van der Waals surface area contributed by atoms with Crippen molar-refractivity contribution in [2.45, 2.75) is 46.7 Å². The average molecular weight is 386 g/mol. The summed E-state index contributed by atoms with van der Waals surface area (Å²) in [7, 11) is 0. The Labute approximate surface area is 167 Å². The van der Waals surface area contributed by atoms with Crippen LogP contribution in [0.25, 0.3) is 0 Å². The van der Waals surface area contributed by atoms with E-state index in [1.807, 2.05) is 58.0 Å². The van der Waals surface area contributed by atoms with Gasteiger partial charge in [-0.25, -0.2) is 4.79 Å². The van der Waals surface area contributed by atoms with Gasteiger partial charge in [-0.05, 0) is 51.8 Å². The van der Waals surface area contributed by atoms with Crippen LogP contribution in [0, 0.1) is 6.92 Å². The first-order chi connectivity index (χ1) is 13.4. The molecule has 0 aliphatic carbocycles. The third-order valence-corrected chi connectivity index (χ3v) is 4.53. The summed E-state index contributed by atoms with van der Waals surface area (Å²) in [6.45, 7) is 9.08. The Hall–Kier alpha value is -2.76. The second-order valence-electron chi connectivity index (χ2n) is 7.12. The maximum atomic E-state index is 13.1. The average Bonchev–Trinajstić information content (AvgIpc) is 3.08. The minimum Gasteiger partial charge on any atom is -0.464 e. The van der Waals surface area contributed by atoms with Gasteiger partial charge in [0.2, 0.25) is 5.91 Å². The number of nitrogens with one attached hydrogen (secondary N) is 1. The fraction of sp³-hybridized carbons (Fsp3) is 0.455. The first-order valence-electron chi connectivity index (χ1n) is 9.82. The summed E-state index contributed by atoms with van der Waals surface area (Å²) >= 11 is 0. The van der Waals surface area contributed by atoms with Gasteiger partial charge < -0.3 is 19.5 Å². The lowest BCUT2D eigenvalue weighted by Gasteiger charge is -2.29. The van der Waals surface area contributed by atoms with E-state index in [4.69, 9.17) is 4.42 Å². The molecule has 1 aromatic heterocycles. The molecule has 0 aliphatic heterocycles. The van der Waals surface area contributed by atoms with Crippen LogP contribution < -0.4 is 5.32 Å². The molecule has 0 atom stereocenters. The lowest BCUT2D eigenvalue weighted by atomic mass is 10.1. The number of carbonyl (C=O) groups is 2. The van der Waals surface area contributed by atoms with Crippen LogP contribution in [0.2, 0.25) is 0 Å². The van der Waals surface area contributed by atoms with Gasteiger partial charge in [-0.2, -0.15) is 0 Å². The Kier molecular flexibility index (Phi) is 8.11. The molecule has 1 aromatic carbocycles. The fourth-order valence-electron chi connectivity index (χ4n) is 2.95. The molecule has 0 bridgehead atoms. The smallest absolute Gasteiger partial charge is 0.318 e. The van der Waals surface area contributed by atoms with Crippen LogP contribution in [0.15, 0.2) is 46.9 Å². The molecule has 0 saturated heterocycles. The van der Waals surface area contributed by atoms with Crippen molar-refractivity contribution in [3.63, 3.8) is 0 Å². The highest BCUT2D eigenvalue weighted by Crippen LogP contribution is 2.12. The standard InChI is InChI=1S/C22H31N3O3/c1-5-23-22(27)25(17(2)3)16-21(26)24(15-20-12-11-18(4)28-20)14-13-19-9-7-6-8-10-19/h6-12,17H,5,13-16H2,1-4H3,(H,23,27). The predicted octanol–water partition coefficient (Wildman–Crippen LogP) is 3.60. The van der Waals surface area contributed by atoms with Gasteiger partial charge >= 0.3 is 6.03 Å². The van der Waals surface area contributed by atoms with E-state index in [0.717, 1.165) is 17.9 Å². The van der Waals surface area contributed by atoms with Crippen molar-refractivity contribution in [3.05, 3.63) is 59.5 Å². The molecule has 6 nitrogen and oxygen atoms in total. The molecule has 6 heteroatoms. The van der Waals surface area contributed by atoms with Crippen LogP contribution >= 0.6 is 0 Å². The molecule has 0 fully saturated rings.